The van der Waals surface area contributed by atoms with Gasteiger partial charge in [0.25, 0.3) is 5.91 Å². The minimum Gasteiger partial charge on any atom is -0.505 e. The van der Waals surface area contributed by atoms with Crippen molar-refractivity contribution in [1.29, 1.82) is 0 Å². The van der Waals surface area contributed by atoms with Gasteiger partial charge in [-0.05, 0) is 19.1 Å². The minimum absolute atomic E-state index is 0.160. The van der Waals surface area contributed by atoms with Crippen molar-refractivity contribution in [3.8, 4) is 17.6 Å². The third-order valence-electron chi connectivity index (χ3n) is 1.83. The number of anilines is 1. The highest BCUT2D eigenvalue weighted by Gasteiger charge is 2.11. The van der Waals surface area contributed by atoms with E-state index in [9.17, 15) is 9.90 Å². The van der Waals surface area contributed by atoms with Crippen LogP contribution in [0.4, 0.5) is 5.69 Å². The molecular formula is C11H12N2O2. The number of carbonyl (C=O) groups excluding carboxylic acids is 1. The Labute approximate surface area is 88.1 Å². The van der Waals surface area contributed by atoms with Gasteiger partial charge in [0.2, 0.25) is 0 Å². The Hall–Kier alpha value is -2.15. The Morgan fingerprint density at radius 1 is 1.60 bits per heavy atom. The lowest BCUT2D eigenvalue weighted by molar-refractivity contribution is 0.0956. The van der Waals surface area contributed by atoms with Gasteiger partial charge in [-0.1, -0.05) is 12.0 Å². The van der Waals surface area contributed by atoms with Crippen LogP contribution in [0.1, 0.15) is 17.3 Å². The summed E-state index contributed by atoms with van der Waals surface area (Å²) in [6.07, 6.45) is 0. The number of carbonyl (C=O) groups is 1. The summed E-state index contributed by atoms with van der Waals surface area (Å²) in [5.41, 5.74) is 5.80. The van der Waals surface area contributed by atoms with E-state index in [1.54, 1.807) is 13.0 Å². The molecule has 0 unspecified atom stereocenters. The molecule has 0 spiro atoms. The number of rotatable bonds is 2. The zero-order chi connectivity index (χ0) is 11.3. The molecule has 0 saturated heterocycles. The van der Waals surface area contributed by atoms with Crippen LogP contribution in [-0.2, 0) is 0 Å². The molecule has 0 heterocycles. The molecule has 4 nitrogen and oxygen atoms in total. The predicted molar refractivity (Wildman–Crippen MR) is 58.3 cm³/mol. The molecule has 0 atom stereocenters. The van der Waals surface area contributed by atoms with E-state index < -0.39 is 0 Å². The molecule has 4 heteroatoms. The van der Waals surface area contributed by atoms with Crippen LogP contribution in [0, 0.1) is 11.8 Å². The molecule has 0 aliphatic carbocycles. The molecule has 1 aromatic rings. The Morgan fingerprint density at radius 2 is 2.33 bits per heavy atom. The van der Waals surface area contributed by atoms with Gasteiger partial charge < -0.3 is 16.2 Å². The first-order valence-electron chi connectivity index (χ1n) is 4.42. The molecule has 15 heavy (non-hydrogen) atoms. The lowest BCUT2D eigenvalue weighted by atomic mass is 10.1. The number of amides is 1. The molecule has 0 fully saturated rings. The first-order chi connectivity index (χ1) is 7.16. The third kappa shape index (κ3) is 2.64. The first kappa shape index (κ1) is 10.9. The topological polar surface area (TPSA) is 75.4 Å². The Kier molecular flexibility index (Phi) is 3.58. The van der Waals surface area contributed by atoms with Gasteiger partial charge in [0, 0.05) is 0 Å². The second-order valence-electron chi connectivity index (χ2n) is 2.85. The van der Waals surface area contributed by atoms with Crippen molar-refractivity contribution in [3.05, 3.63) is 23.8 Å². The van der Waals surface area contributed by atoms with Gasteiger partial charge in [-0.2, -0.15) is 0 Å². The zero-order valence-electron chi connectivity index (χ0n) is 8.37. The van der Waals surface area contributed by atoms with Crippen molar-refractivity contribution < 1.29 is 9.90 Å². The number of hydrogen-bond donors (Lipinski definition) is 3. The molecule has 4 N–H and O–H groups in total. The average Bonchev–Trinajstić information content (AvgIpc) is 2.22. The maximum Gasteiger partial charge on any atom is 0.255 e. The van der Waals surface area contributed by atoms with E-state index in [1.807, 2.05) is 0 Å². The summed E-state index contributed by atoms with van der Waals surface area (Å²) in [5.74, 6) is 4.76. The maximum atomic E-state index is 11.5. The van der Waals surface area contributed by atoms with Crippen molar-refractivity contribution in [3.63, 3.8) is 0 Å². The van der Waals surface area contributed by atoms with Crippen LogP contribution in [0.3, 0.4) is 0 Å². The summed E-state index contributed by atoms with van der Waals surface area (Å²) < 4.78 is 0. The van der Waals surface area contributed by atoms with Crippen molar-refractivity contribution in [2.24, 2.45) is 0 Å². The molecule has 1 amide bonds. The number of nitrogens with two attached hydrogens (primary N) is 1. The lowest BCUT2D eigenvalue weighted by Crippen LogP contribution is -2.23. The fourth-order valence-corrected chi connectivity index (χ4v) is 1.05. The summed E-state index contributed by atoms with van der Waals surface area (Å²) in [6.45, 7) is 1.94. The van der Waals surface area contributed by atoms with Gasteiger partial charge in [-0.15, -0.1) is 5.92 Å². The largest absolute Gasteiger partial charge is 0.505 e. The quantitative estimate of drug-likeness (QED) is 0.377. The van der Waals surface area contributed by atoms with Crippen LogP contribution in [-0.4, -0.2) is 17.6 Å². The number of nitrogens with one attached hydrogen (secondary N) is 1. The Balaban J connectivity index is 2.81. The van der Waals surface area contributed by atoms with Crippen molar-refractivity contribution in [2.75, 3.05) is 12.3 Å². The number of para-hydroxylation sites is 1. The van der Waals surface area contributed by atoms with E-state index >= 15 is 0 Å². The number of aromatic hydroxyl groups is 1. The highest BCUT2D eigenvalue weighted by molar-refractivity contribution is 5.98. The van der Waals surface area contributed by atoms with Crippen LogP contribution in [0.25, 0.3) is 0 Å². The number of phenols is 1. The summed E-state index contributed by atoms with van der Waals surface area (Å²) in [5, 5.41) is 12.0. The highest BCUT2D eigenvalue weighted by Crippen LogP contribution is 2.23. The standard InChI is InChI=1S/C11H12N2O2/c1-2-3-7-13-11(15)8-5-4-6-9(12)10(8)14/h4-6,14H,7,12H2,1H3,(H,13,15). The Bertz CT molecular complexity index is 430. The lowest BCUT2D eigenvalue weighted by Gasteiger charge is -2.05. The van der Waals surface area contributed by atoms with Crippen LogP contribution >= 0.6 is 0 Å². The summed E-state index contributed by atoms with van der Waals surface area (Å²) in [6, 6.07) is 4.63. The molecule has 0 aliphatic heterocycles. The summed E-state index contributed by atoms with van der Waals surface area (Å²) in [7, 11) is 0. The molecule has 1 aromatic carbocycles. The highest BCUT2D eigenvalue weighted by atomic mass is 16.3. The van der Waals surface area contributed by atoms with Gasteiger partial charge in [-0.25, -0.2) is 0 Å². The van der Waals surface area contributed by atoms with E-state index in [2.05, 4.69) is 17.2 Å². The number of nitrogen functional groups attached to an aromatic ring is 1. The second kappa shape index (κ2) is 4.91. The number of hydrogen-bond acceptors (Lipinski definition) is 3. The Morgan fingerprint density at radius 3 is 3.00 bits per heavy atom. The monoisotopic (exact) mass is 204 g/mol. The van der Waals surface area contributed by atoms with E-state index in [1.165, 1.54) is 12.1 Å². The van der Waals surface area contributed by atoms with Gasteiger partial charge in [-0.3, -0.25) is 4.79 Å². The molecule has 0 bridgehead atoms. The molecule has 78 valence electrons. The van der Waals surface area contributed by atoms with Crippen molar-refractivity contribution in [2.45, 2.75) is 6.92 Å². The van der Waals surface area contributed by atoms with Gasteiger partial charge in [0.05, 0.1) is 17.8 Å². The minimum atomic E-state index is -0.387. The van der Waals surface area contributed by atoms with Crippen LogP contribution < -0.4 is 11.1 Å². The fraction of sp³-hybridized carbons (Fsp3) is 0.182. The van der Waals surface area contributed by atoms with Crippen molar-refractivity contribution in [1.82, 2.24) is 5.32 Å². The molecule has 0 radical (unpaired) electrons. The summed E-state index contributed by atoms with van der Waals surface area (Å²) in [4.78, 5) is 11.5. The smallest absolute Gasteiger partial charge is 0.255 e. The van der Waals surface area contributed by atoms with E-state index in [0.29, 0.717) is 0 Å². The van der Waals surface area contributed by atoms with Crippen molar-refractivity contribution >= 4 is 11.6 Å². The molecule has 0 saturated carbocycles. The van der Waals surface area contributed by atoms with Crippen LogP contribution in [0.5, 0.6) is 5.75 Å². The molecule has 0 aromatic heterocycles. The fourth-order valence-electron chi connectivity index (χ4n) is 1.05. The third-order valence-corrected chi connectivity index (χ3v) is 1.83. The normalized spacial score (nSPS) is 8.87. The van der Waals surface area contributed by atoms with Gasteiger partial charge in [0.15, 0.2) is 5.75 Å². The number of benzene rings is 1. The second-order valence-corrected chi connectivity index (χ2v) is 2.85. The molecule has 0 aliphatic rings. The SMILES string of the molecule is CC#CCNC(=O)c1cccc(N)c1O. The summed E-state index contributed by atoms with van der Waals surface area (Å²) >= 11 is 0. The van der Waals surface area contributed by atoms with Gasteiger partial charge in [0.1, 0.15) is 0 Å². The average molecular weight is 204 g/mol. The van der Waals surface area contributed by atoms with E-state index in [-0.39, 0.29) is 29.5 Å². The molecular weight excluding hydrogens is 192 g/mol. The molecule has 1 rings (SSSR count). The van der Waals surface area contributed by atoms with Crippen LogP contribution in [0.2, 0.25) is 0 Å². The van der Waals surface area contributed by atoms with Gasteiger partial charge >= 0.3 is 0 Å². The number of phenolic OH excluding ortho intramolecular Hbond substituents is 1. The van der Waals surface area contributed by atoms with Crippen LogP contribution in [0.15, 0.2) is 18.2 Å². The van der Waals surface area contributed by atoms with E-state index in [4.69, 9.17) is 5.73 Å². The first-order valence-corrected chi connectivity index (χ1v) is 4.42. The maximum absolute atomic E-state index is 11.5. The predicted octanol–water partition coefficient (Wildman–Crippen LogP) is 0.728. The zero-order valence-corrected chi connectivity index (χ0v) is 8.37. The van der Waals surface area contributed by atoms with E-state index in [0.717, 1.165) is 0 Å².